The third-order valence-corrected chi connectivity index (χ3v) is 6.03. The number of methoxy groups -OCH3 is 1. The summed E-state index contributed by atoms with van der Waals surface area (Å²) in [6.45, 7) is 4.76. The summed E-state index contributed by atoms with van der Waals surface area (Å²) < 4.78 is 16.4. The first-order valence-corrected chi connectivity index (χ1v) is 11.9. The van der Waals surface area contributed by atoms with Crippen molar-refractivity contribution in [3.63, 3.8) is 0 Å². The van der Waals surface area contributed by atoms with Crippen LogP contribution in [0.5, 0.6) is 17.2 Å². The molecule has 0 spiro atoms. The molecule has 1 amide bonds. The molecule has 186 valence electrons. The van der Waals surface area contributed by atoms with Crippen molar-refractivity contribution in [2.45, 2.75) is 19.9 Å². The van der Waals surface area contributed by atoms with E-state index in [0.29, 0.717) is 46.7 Å². The molecule has 1 aliphatic rings. The van der Waals surface area contributed by atoms with Gasteiger partial charge in [-0.15, -0.1) is 0 Å². The molecule has 1 N–H and O–H groups in total. The highest BCUT2D eigenvalue weighted by Gasteiger charge is 2.47. The summed E-state index contributed by atoms with van der Waals surface area (Å²) in [5.74, 6) is -0.354. The number of carbonyl (C=O) groups excluding carboxylic acids is 2. The first-order valence-electron chi connectivity index (χ1n) is 11.5. The second-order valence-corrected chi connectivity index (χ2v) is 8.38. The van der Waals surface area contributed by atoms with Crippen LogP contribution in [0, 0.1) is 0 Å². The standard InChI is InChI=1S/C28H26ClNO6/c1-4-35-20-11-6-17(7-12-20)25-24(26(31)22-16-18(29)8-15-23(22)34-3)27(32)28(33)30(25)19-9-13-21(14-10-19)36-5-2/h6-16,25,31H,4-5H2,1-3H3/b26-24+. The Morgan fingerprint density at radius 2 is 1.50 bits per heavy atom. The quantitative estimate of drug-likeness (QED) is 0.236. The van der Waals surface area contributed by atoms with Crippen molar-refractivity contribution in [3.05, 3.63) is 88.5 Å². The summed E-state index contributed by atoms with van der Waals surface area (Å²) in [7, 11) is 1.45. The average molecular weight is 508 g/mol. The Balaban J connectivity index is 1.91. The number of amides is 1. The van der Waals surface area contributed by atoms with E-state index in [0.717, 1.165) is 0 Å². The first-order chi connectivity index (χ1) is 17.4. The Morgan fingerprint density at radius 1 is 0.917 bits per heavy atom. The van der Waals surface area contributed by atoms with E-state index < -0.39 is 17.7 Å². The molecule has 36 heavy (non-hydrogen) atoms. The van der Waals surface area contributed by atoms with Gasteiger partial charge in [-0.3, -0.25) is 14.5 Å². The van der Waals surface area contributed by atoms with E-state index in [1.165, 1.54) is 18.1 Å². The largest absolute Gasteiger partial charge is 0.507 e. The minimum absolute atomic E-state index is 0.0707. The number of aliphatic hydroxyl groups is 1. The molecular formula is C28H26ClNO6. The van der Waals surface area contributed by atoms with Crippen LogP contribution in [-0.4, -0.2) is 37.1 Å². The van der Waals surface area contributed by atoms with Gasteiger partial charge in [-0.1, -0.05) is 23.7 Å². The highest BCUT2D eigenvalue weighted by atomic mass is 35.5. The molecule has 8 heteroatoms. The maximum absolute atomic E-state index is 13.4. The van der Waals surface area contributed by atoms with Crippen LogP contribution in [0.25, 0.3) is 5.76 Å². The predicted molar refractivity (Wildman–Crippen MR) is 138 cm³/mol. The van der Waals surface area contributed by atoms with Gasteiger partial charge in [0, 0.05) is 10.7 Å². The topological polar surface area (TPSA) is 85.3 Å². The molecule has 0 bridgehead atoms. The average Bonchev–Trinajstić information content (AvgIpc) is 3.15. The number of ether oxygens (including phenoxy) is 3. The SMILES string of the molecule is CCOc1ccc(C2/C(=C(\O)c3cc(Cl)ccc3OC)C(=O)C(=O)N2c2ccc(OCC)cc2)cc1. The van der Waals surface area contributed by atoms with Gasteiger partial charge in [-0.2, -0.15) is 0 Å². The molecule has 0 aliphatic carbocycles. The molecule has 1 fully saturated rings. The second kappa shape index (κ2) is 10.7. The van der Waals surface area contributed by atoms with Crippen LogP contribution < -0.4 is 19.1 Å². The summed E-state index contributed by atoms with van der Waals surface area (Å²) in [5.41, 5.74) is 1.25. The number of ketones is 1. The molecule has 1 aliphatic heterocycles. The van der Waals surface area contributed by atoms with Crippen molar-refractivity contribution in [3.8, 4) is 17.2 Å². The van der Waals surface area contributed by atoms with E-state index in [1.54, 1.807) is 60.7 Å². The third-order valence-electron chi connectivity index (χ3n) is 5.79. The fourth-order valence-electron chi connectivity index (χ4n) is 4.21. The number of rotatable bonds is 8. The van der Waals surface area contributed by atoms with Crippen molar-refractivity contribution in [1.82, 2.24) is 0 Å². The molecule has 0 aromatic heterocycles. The van der Waals surface area contributed by atoms with Gasteiger partial charge in [-0.05, 0) is 74.0 Å². The molecule has 1 atom stereocenters. The van der Waals surface area contributed by atoms with E-state index in [2.05, 4.69) is 0 Å². The predicted octanol–water partition coefficient (Wildman–Crippen LogP) is 5.77. The van der Waals surface area contributed by atoms with Crippen LogP contribution in [0.3, 0.4) is 0 Å². The van der Waals surface area contributed by atoms with Gasteiger partial charge in [0.1, 0.15) is 23.0 Å². The molecular weight excluding hydrogens is 482 g/mol. The Bertz CT molecular complexity index is 1300. The van der Waals surface area contributed by atoms with Crippen LogP contribution in [0.2, 0.25) is 5.02 Å². The number of anilines is 1. The Kier molecular flexibility index (Phi) is 7.50. The Labute approximate surface area is 214 Å². The molecule has 1 saturated heterocycles. The van der Waals surface area contributed by atoms with E-state index >= 15 is 0 Å². The Hall–Kier alpha value is -3.97. The smallest absolute Gasteiger partial charge is 0.300 e. The number of hydrogen-bond donors (Lipinski definition) is 1. The molecule has 4 rings (SSSR count). The van der Waals surface area contributed by atoms with E-state index in [1.807, 2.05) is 13.8 Å². The maximum atomic E-state index is 13.4. The summed E-state index contributed by atoms with van der Waals surface area (Å²) >= 11 is 6.18. The number of Topliss-reactive ketones (excluding diaryl/α,β-unsaturated/α-hetero) is 1. The van der Waals surface area contributed by atoms with Gasteiger partial charge in [0.2, 0.25) is 0 Å². The van der Waals surface area contributed by atoms with Crippen LogP contribution in [-0.2, 0) is 9.59 Å². The Morgan fingerprint density at radius 3 is 2.06 bits per heavy atom. The van der Waals surface area contributed by atoms with Crippen LogP contribution in [0.1, 0.15) is 31.0 Å². The summed E-state index contributed by atoms with van der Waals surface area (Å²) in [4.78, 5) is 28.1. The maximum Gasteiger partial charge on any atom is 0.300 e. The van der Waals surface area contributed by atoms with Crippen molar-refractivity contribution in [1.29, 1.82) is 0 Å². The number of carbonyl (C=O) groups is 2. The number of hydrogen-bond acceptors (Lipinski definition) is 6. The van der Waals surface area contributed by atoms with Gasteiger partial charge in [0.05, 0.1) is 37.5 Å². The highest BCUT2D eigenvalue weighted by molar-refractivity contribution is 6.51. The summed E-state index contributed by atoms with van der Waals surface area (Å²) in [6, 6.07) is 17.7. The normalized spacial score (nSPS) is 16.8. The molecule has 1 heterocycles. The number of nitrogens with zero attached hydrogens (tertiary/aromatic N) is 1. The van der Waals surface area contributed by atoms with Crippen molar-refractivity contribution < 1.29 is 28.9 Å². The molecule has 7 nitrogen and oxygen atoms in total. The van der Waals surface area contributed by atoms with E-state index in [4.69, 9.17) is 25.8 Å². The lowest BCUT2D eigenvalue weighted by Gasteiger charge is -2.26. The zero-order valence-corrected chi connectivity index (χ0v) is 20.9. The van der Waals surface area contributed by atoms with Crippen molar-refractivity contribution in [2.24, 2.45) is 0 Å². The molecule has 1 unspecified atom stereocenters. The third kappa shape index (κ3) is 4.75. The lowest BCUT2D eigenvalue weighted by Crippen LogP contribution is -2.29. The monoisotopic (exact) mass is 507 g/mol. The van der Waals surface area contributed by atoms with E-state index in [-0.39, 0.29) is 16.9 Å². The van der Waals surface area contributed by atoms with Crippen molar-refractivity contribution >= 4 is 34.7 Å². The van der Waals surface area contributed by atoms with Crippen molar-refractivity contribution in [2.75, 3.05) is 25.2 Å². The van der Waals surface area contributed by atoms with Gasteiger partial charge < -0.3 is 19.3 Å². The van der Waals surface area contributed by atoms with Gasteiger partial charge >= 0.3 is 0 Å². The minimum Gasteiger partial charge on any atom is -0.507 e. The van der Waals surface area contributed by atoms with Crippen LogP contribution >= 0.6 is 11.6 Å². The fourth-order valence-corrected chi connectivity index (χ4v) is 4.38. The zero-order chi connectivity index (χ0) is 25.8. The number of benzene rings is 3. The second-order valence-electron chi connectivity index (χ2n) is 7.94. The van der Waals surface area contributed by atoms with Gasteiger partial charge in [0.15, 0.2) is 0 Å². The van der Waals surface area contributed by atoms with E-state index in [9.17, 15) is 14.7 Å². The lowest BCUT2D eigenvalue weighted by molar-refractivity contribution is -0.132. The highest BCUT2D eigenvalue weighted by Crippen LogP contribution is 2.44. The summed E-state index contributed by atoms with van der Waals surface area (Å²) in [5, 5.41) is 11.7. The van der Waals surface area contributed by atoms with Crippen LogP contribution in [0.4, 0.5) is 5.69 Å². The summed E-state index contributed by atoms with van der Waals surface area (Å²) in [6.07, 6.45) is 0. The minimum atomic E-state index is -0.901. The zero-order valence-electron chi connectivity index (χ0n) is 20.2. The molecule has 3 aromatic rings. The fraction of sp³-hybridized carbons (Fsp3) is 0.214. The van der Waals surface area contributed by atoms with Gasteiger partial charge in [0.25, 0.3) is 11.7 Å². The van der Waals surface area contributed by atoms with Gasteiger partial charge in [-0.25, -0.2) is 0 Å². The van der Waals surface area contributed by atoms with Crippen LogP contribution in [0.15, 0.2) is 72.3 Å². The number of halogens is 1. The molecule has 3 aromatic carbocycles. The lowest BCUT2D eigenvalue weighted by atomic mass is 9.94. The first kappa shape index (κ1) is 25.1. The molecule has 0 saturated carbocycles. The number of aliphatic hydroxyl groups excluding tert-OH is 1. The molecule has 0 radical (unpaired) electrons.